The van der Waals surface area contributed by atoms with E-state index in [1.54, 1.807) is 0 Å². The number of nitrogens with zero attached hydrogens (tertiary/aromatic N) is 2. The Balaban J connectivity index is 0.00000529. The first-order valence-electron chi connectivity index (χ1n) is 8.54. The SMILES string of the molecule is CCNC(=NCc1ccc(CN(CC)CC)cc1)NCCSC.I. The van der Waals surface area contributed by atoms with Crippen molar-refractivity contribution in [2.24, 2.45) is 4.99 Å². The van der Waals surface area contributed by atoms with Crippen LogP contribution < -0.4 is 10.6 Å². The number of thioether (sulfide) groups is 1. The van der Waals surface area contributed by atoms with Gasteiger partial charge in [-0.25, -0.2) is 4.99 Å². The molecule has 138 valence electrons. The quantitative estimate of drug-likeness (QED) is 0.241. The molecule has 0 unspecified atom stereocenters. The molecule has 0 aliphatic heterocycles. The minimum absolute atomic E-state index is 0. The van der Waals surface area contributed by atoms with Gasteiger partial charge in [-0.15, -0.1) is 24.0 Å². The van der Waals surface area contributed by atoms with E-state index in [1.165, 1.54) is 11.1 Å². The summed E-state index contributed by atoms with van der Waals surface area (Å²) in [6.45, 7) is 12.2. The van der Waals surface area contributed by atoms with Gasteiger partial charge in [0, 0.05) is 25.4 Å². The summed E-state index contributed by atoms with van der Waals surface area (Å²) in [5.74, 6) is 1.98. The zero-order valence-electron chi connectivity index (χ0n) is 15.5. The number of benzene rings is 1. The van der Waals surface area contributed by atoms with Crippen LogP contribution in [-0.2, 0) is 13.1 Å². The minimum Gasteiger partial charge on any atom is -0.357 e. The van der Waals surface area contributed by atoms with Gasteiger partial charge < -0.3 is 10.6 Å². The van der Waals surface area contributed by atoms with E-state index in [9.17, 15) is 0 Å². The number of rotatable bonds is 10. The second kappa shape index (κ2) is 14.8. The molecule has 1 rings (SSSR count). The Hall–Kier alpha value is -0.470. The summed E-state index contributed by atoms with van der Waals surface area (Å²) < 4.78 is 0. The van der Waals surface area contributed by atoms with Crippen LogP contribution in [0.3, 0.4) is 0 Å². The van der Waals surface area contributed by atoms with Gasteiger partial charge in [-0.05, 0) is 37.4 Å². The number of halogens is 1. The molecule has 0 radical (unpaired) electrons. The molecule has 4 nitrogen and oxygen atoms in total. The van der Waals surface area contributed by atoms with Crippen molar-refractivity contribution < 1.29 is 0 Å². The van der Waals surface area contributed by atoms with Gasteiger partial charge in [0.25, 0.3) is 0 Å². The first-order valence-corrected chi connectivity index (χ1v) is 9.94. The van der Waals surface area contributed by atoms with Crippen molar-refractivity contribution in [3.63, 3.8) is 0 Å². The van der Waals surface area contributed by atoms with Crippen LogP contribution in [0.4, 0.5) is 0 Å². The molecule has 1 aromatic carbocycles. The fourth-order valence-electron chi connectivity index (χ4n) is 2.24. The van der Waals surface area contributed by atoms with Gasteiger partial charge >= 0.3 is 0 Å². The molecule has 0 spiro atoms. The Kier molecular flexibility index (Phi) is 14.5. The molecular weight excluding hydrogens is 431 g/mol. The lowest BCUT2D eigenvalue weighted by atomic mass is 10.1. The van der Waals surface area contributed by atoms with E-state index in [1.807, 2.05) is 11.8 Å². The van der Waals surface area contributed by atoms with E-state index in [4.69, 9.17) is 0 Å². The summed E-state index contributed by atoms with van der Waals surface area (Å²) >= 11 is 1.84. The molecule has 0 amide bonds. The largest absolute Gasteiger partial charge is 0.357 e. The Labute approximate surface area is 169 Å². The molecule has 0 heterocycles. The topological polar surface area (TPSA) is 39.7 Å². The molecular formula is C18H33IN4S. The van der Waals surface area contributed by atoms with Gasteiger partial charge in [0.05, 0.1) is 6.54 Å². The maximum atomic E-state index is 4.65. The molecule has 0 fully saturated rings. The van der Waals surface area contributed by atoms with Crippen molar-refractivity contribution in [3.05, 3.63) is 35.4 Å². The lowest BCUT2D eigenvalue weighted by Gasteiger charge is -2.18. The van der Waals surface area contributed by atoms with Crippen LogP contribution in [0.15, 0.2) is 29.3 Å². The predicted octanol–water partition coefficient (Wildman–Crippen LogP) is 3.56. The molecule has 2 N–H and O–H groups in total. The van der Waals surface area contributed by atoms with Crippen LogP contribution in [0.1, 0.15) is 31.9 Å². The molecule has 24 heavy (non-hydrogen) atoms. The third kappa shape index (κ3) is 9.74. The highest BCUT2D eigenvalue weighted by molar-refractivity contribution is 14.0. The van der Waals surface area contributed by atoms with Crippen molar-refractivity contribution >= 4 is 41.7 Å². The maximum Gasteiger partial charge on any atom is 0.191 e. The second-order valence-electron chi connectivity index (χ2n) is 5.39. The molecule has 0 saturated carbocycles. The third-order valence-electron chi connectivity index (χ3n) is 3.69. The highest BCUT2D eigenvalue weighted by Crippen LogP contribution is 2.08. The van der Waals surface area contributed by atoms with E-state index in [0.717, 1.165) is 44.4 Å². The predicted molar refractivity (Wildman–Crippen MR) is 120 cm³/mol. The van der Waals surface area contributed by atoms with Crippen molar-refractivity contribution in [1.82, 2.24) is 15.5 Å². The number of hydrogen-bond donors (Lipinski definition) is 2. The second-order valence-corrected chi connectivity index (χ2v) is 6.38. The first-order chi connectivity index (χ1) is 11.2. The summed E-state index contributed by atoms with van der Waals surface area (Å²) in [6, 6.07) is 8.82. The summed E-state index contributed by atoms with van der Waals surface area (Å²) in [5.41, 5.74) is 2.61. The highest BCUT2D eigenvalue weighted by Gasteiger charge is 2.01. The average Bonchev–Trinajstić information content (AvgIpc) is 2.58. The Morgan fingerprint density at radius 2 is 1.67 bits per heavy atom. The maximum absolute atomic E-state index is 4.65. The fourth-order valence-corrected chi connectivity index (χ4v) is 2.55. The van der Waals surface area contributed by atoms with Gasteiger partial charge in [0.2, 0.25) is 0 Å². The van der Waals surface area contributed by atoms with Crippen LogP contribution >= 0.6 is 35.7 Å². The standard InChI is InChI=1S/C18H32N4S.HI/c1-5-19-18(20-12-13-23-4)21-14-16-8-10-17(11-9-16)15-22(6-2)7-3;/h8-11H,5-7,12-15H2,1-4H3,(H2,19,20,21);1H. The fraction of sp³-hybridized carbons (Fsp3) is 0.611. The number of nitrogens with one attached hydrogen (secondary N) is 2. The summed E-state index contributed by atoms with van der Waals surface area (Å²) in [4.78, 5) is 7.08. The highest BCUT2D eigenvalue weighted by atomic mass is 127. The molecule has 0 bridgehead atoms. The van der Waals surface area contributed by atoms with Crippen molar-refractivity contribution in [1.29, 1.82) is 0 Å². The monoisotopic (exact) mass is 464 g/mol. The lowest BCUT2D eigenvalue weighted by Crippen LogP contribution is -2.38. The molecule has 1 aromatic rings. The van der Waals surface area contributed by atoms with Gasteiger partial charge in [0.15, 0.2) is 5.96 Å². The Morgan fingerprint density at radius 1 is 1.04 bits per heavy atom. The Morgan fingerprint density at radius 3 is 2.21 bits per heavy atom. The van der Waals surface area contributed by atoms with Gasteiger partial charge in [-0.3, -0.25) is 4.90 Å². The number of aliphatic imine (C=N–C) groups is 1. The molecule has 0 aliphatic rings. The van der Waals surface area contributed by atoms with E-state index in [2.05, 4.69) is 71.8 Å². The van der Waals surface area contributed by atoms with Gasteiger partial charge in [0.1, 0.15) is 0 Å². The Bertz CT molecular complexity index is 447. The zero-order chi connectivity index (χ0) is 16.9. The van der Waals surface area contributed by atoms with Gasteiger partial charge in [-0.2, -0.15) is 11.8 Å². The van der Waals surface area contributed by atoms with Crippen molar-refractivity contribution in [3.8, 4) is 0 Å². The normalized spacial score (nSPS) is 11.3. The number of guanidine groups is 1. The van der Waals surface area contributed by atoms with E-state index < -0.39 is 0 Å². The van der Waals surface area contributed by atoms with Crippen LogP contribution in [0.2, 0.25) is 0 Å². The summed E-state index contributed by atoms with van der Waals surface area (Å²) in [7, 11) is 0. The lowest BCUT2D eigenvalue weighted by molar-refractivity contribution is 0.296. The average molecular weight is 464 g/mol. The minimum atomic E-state index is 0. The van der Waals surface area contributed by atoms with E-state index in [-0.39, 0.29) is 24.0 Å². The molecule has 0 atom stereocenters. The molecule has 6 heteroatoms. The first kappa shape index (κ1) is 23.5. The van der Waals surface area contributed by atoms with Crippen molar-refractivity contribution in [2.75, 3.05) is 38.2 Å². The summed E-state index contributed by atoms with van der Waals surface area (Å²) in [5, 5.41) is 6.64. The molecule has 0 saturated heterocycles. The van der Waals surface area contributed by atoms with E-state index in [0.29, 0.717) is 6.54 Å². The zero-order valence-corrected chi connectivity index (χ0v) is 18.6. The van der Waals surface area contributed by atoms with E-state index >= 15 is 0 Å². The van der Waals surface area contributed by atoms with Crippen LogP contribution in [0, 0.1) is 0 Å². The van der Waals surface area contributed by atoms with Crippen LogP contribution in [0.5, 0.6) is 0 Å². The third-order valence-corrected chi connectivity index (χ3v) is 4.30. The van der Waals surface area contributed by atoms with Crippen molar-refractivity contribution in [2.45, 2.75) is 33.9 Å². The number of hydrogen-bond acceptors (Lipinski definition) is 3. The molecule has 0 aliphatic carbocycles. The van der Waals surface area contributed by atoms with Gasteiger partial charge in [-0.1, -0.05) is 38.1 Å². The summed E-state index contributed by atoms with van der Waals surface area (Å²) in [6.07, 6.45) is 2.12. The van der Waals surface area contributed by atoms with Crippen LogP contribution in [-0.4, -0.2) is 49.0 Å². The van der Waals surface area contributed by atoms with Crippen LogP contribution in [0.25, 0.3) is 0 Å². The molecule has 0 aromatic heterocycles. The smallest absolute Gasteiger partial charge is 0.191 e.